The third-order valence-electron chi connectivity index (χ3n) is 2.74. The van der Waals surface area contributed by atoms with Crippen molar-refractivity contribution < 1.29 is 4.39 Å². The van der Waals surface area contributed by atoms with Gasteiger partial charge in [-0.2, -0.15) is 0 Å². The maximum absolute atomic E-state index is 12.9. The molecule has 0 amide bonds. The molecule has 4 N–H and O–H groups in total. The lowest BCUT2D eigenvalue weighted by atomic mass is 10.1. The monoisotopic (exact) mass is 249 g/mol. The summed E-state index contributed by atoms with van der Waals surface area (Å²) in [6, 6.07) is 8.52. The Hall–Kier alpha value is -1.84. The van der Waals surface area contributed by atoms with Crippen LogP contribution in [0.15, 0.2) is 36.3 Å². The maximum atomic E-state index is 12.9. The van der Waals surface area contributed by atoms with Crippen LogP contribution in [-0.4, -0.2) is 11.9 Å². The van der Waals surface area contributed by atoms with E-state index in [9.17, 15) is 4.39 Å². The number of rotatable bonds is 6. The van der Waals surface area contributed by atoms with Gasteiger partial charge >= 0.3 is 0 Å². The number of aryl methyl sites for hydroxylation is 2. The zero-order chi connectivity index (χ0) is 13.5. The van der Waals surface area contributed by atoms with Crippen molar-refractivity contribution in [1.82, 2.24) is 5.32 Å². The zero-order valence-electron chi connectivity index (χ0n) is 10.8. The molecule has 0 saturated carbocycles. The number of hydrogen-bond donors (Lipinski definition) is 3. The van der Waals surface area contributed by atoms with Gasteiger partial charge in [0.2, 0.25) is 0 Å². The minimum absolute atomic E-state index is 0.136. The standard InChI is InChI=1S/C14H20FN3/c1-10-3-6-12(7-4-10)8-5-11(2)18-9-13(15)14(16)17/h3-4,6-7,9,11,18H,5,8H2,1-2H3,(H3,16,17). The van der Waals surface area contributed by atoms with Gasteiger partial charge in [-0.05, 0) is 32.3 Å². The van der Waals surface area contributed by atoms with Crippen LogP contribution in [0.1, 0.15) is 24.5 Å². The molecule has 1 aromatic carbocycles. The van der Waals surface area contributed by atoms with Crippen molar-refractivity contribution in [2.75, 3.05) is 0 Å². The lowest BCUT2D eigenvalue weighted by Gasteiger charge is -2.12. The van der Waals surface area contributed by atoms with Gasteiger partial charge in [-0.3, -0.25) is 5.41 Å². The summed E-state index contributed by atoms with van der Waals surface area (Å²) in [5.41, 5.74) is 7.52. The quantitative estimate of drug-likeness (QED) is 0.536. The molecule has 0 aliphatic heterocycles. The van der Waals surface area contributed by atoms with E-state index in [4.69, 9.17) is 11.1 Å². The third-order valence-corrected chi connectivity index (χ3v) is 2.74. The van der Waals surface area contributed by atoms with Crippen LogP contribution in [0.25, 0.3) is 0 Å². The number of nitrogens with one attached hydrogen (secondary N) is 2. The molecule has 0 radical (unpaired) electrons. The van der Waals surface area contributed by atoms with Gasteiger partial charge in [-0.15, -0.1) is 0 Å². The Morgan fingerprint density at radius 3 is 2.61 bits per heavy atom. The molecular formula is C14H20FN3. The topological polar surface area (TPSA) is 61.9 Å². The van der Waals surface area contributed by atoms with Gasteiger partial charge in [0.25, 0.3) is 0 Å². The van der Waals surface area contributed by atoms with Crippen molar-refractivity contribution in [3.8, 4) is 0 Å². The summed E-state index contributed by atoms with van der Waals surface area (Å²) < 4.78 is 12.9. The molecule has 0 spiro atoms. The first-order valence-corrected chi connectivity index (χ1v) is 6.00. The summed E-state index contributed by atoms with van der Waals surface area (Å²) >= 11 is 0. The molecule has 3 nitrogen and oxygen atoms in total. The molecule has 0 aliphatic rings. The van der Waals surface area contributed by atoms with Gasteiger partial charge in [0.1, 0.15) is 0 Å². The fraction of sp³-hybridized carbons (Fsp3) is 0.357. The van der Waals surface area contributed by atoms with Crippen LogP contribution >= 0.6 is 0 Å². The molecule has 4 heteroatoms. The maximum Gasteiger partial charge on any atom is 0.180 e. The lowest BCUT2D eigenvalue weighted by molar-refractivity contribution is 0.571. The van der Waals surface area contributed by atoms with E-state index >= 15 is 0 Å². The minimum Gasteiger partial charge on any atom is -0.386 e. The second-order valence-corrected chi connectivity index (χ2v) is 4.50. The molecule has 0 saturated heterocycles. The van der Waals surface area contributed by atoms with E-state index in [1.54, 1.807) is 0 Å². The normalized spacial score (nSPS) is 13.2. The Kier molecular flexibility index (Phi) is 5.36. The first-order valence-electron chi connectivity index (χ1n) is 6.00. The number of hydrogen-bond acceptors (Lipinski definition) is 2. The zero-order valence-corrected chi connectivity index (χ0v) is 10.8. The molecule has 0 aliphatic carbocycles. The Morgan fingerprint density at radius 1 is 1.44 bits per heavy atom. The summed E-state index contributed by atoms with van der Waals surface area (Å²) in [5.74, 6) is -1.27. The average molecular weight is 249 g/mol. The largest absolute Gasteiger partial charge is 0.386 e. The highest BCUT2D eigenvalue weighted by Gasteiger charge is 2.02. The molecule has 1 rings (SSSR count). The Labute approximate surface area is 107 Å². The molecule has 1 aromatic rings. The van der Waals surface area contributed by atoms with E-state index < -0.39 is 11.7 Å². The number of nitrogens with two attached hydrogens (primary N) is 1. The fourth-order valence-electron chi connectivity index (χ4n) is 1.51. The van der Waals surface area contributed by atoms with Crippen LogP contribution in [0.5, 0.6) is 0 Å². The predicted octanol–water partition coefficient (Wildman–Crippen LogP) is 2.65. The van der Waals surface area contributed by atoms with Crippen molar-refractivity contribution in [1.29, 1.82) is 5.41 Å². The van der Waals surface area contributed by atoms with E-state index in [1.807, 2.05) is 6.92 Å². The van der Waals surface area contributed by atoms with Gasteiger partial charge in [0.05, 0.1) is 0 Å². The Balaban J connectivity index is 2.37. The van der Waals surface area contributed by atoms with E-state index in [0.717, 1.165) is 19.0 Å². The van der Waals surface area contributed by atoms with Gasteiger partial charge in [0.15, 0.2) is 11.7 Å². The fourth-order valence-corrected chi connectivity index (χ4v) is 1.51. The first kappa shape index (κ1) is 14.2. The highest BCUT2D eigenvalue weighted by atomic mass is 19.1. The molecule has 98 valence electrons. The summed E-state index contributed by atoms with van der Waals surface area (Å²) in [6.07, 6.45) is 2.98. The SMILES string of the molecule is Cc1ccc(CCC(C)NC=C(F)C(=N)N)cc1. The van der Waals surface area contributed by atoms with Crippen LogP contribution < -0.4 is 11.1 Å². The average Bonchev–Trinajstić information content (AvgIpc) is 2.35. The lowest BCUT2D eigenvalue weighted by Crippen LogP contribution is -2.23. The highest BCUT2D eigenvalue weighted by Crippen LogP contribution is 2.07. The van der Waals surface area contributed by atoms with Crippen LogP contribution in [0.3, 0.4) is 0 Å². The molecule has 0 heterocycles. The molecule has 1 unspecified atom stereocenters. The molecular weight excluding hydrogens is 229 g/mol. The van der Waals surface area contributed by atoms with E-state index in [-0.39, 0.29) is 6.04 Å². The van der Waals surface area contributed by atoms with E-state index in [2.05, 4.69) is 36.5 Å². The third kappa shape index (κ3) is 4.99. The van der Waals surface area contributed by atoms with Crippen molar-refractivity contribution in [3.05, 3.63) is 47.4 Å². The highest BCUT2D eigenvalue weighted by molar-refractivity contribution is 5.91. The van der Waals surface area contributed by atoms with Crippen molar-refractivity contribution in [3.63, 3.8) is 0 Å². The predicted molar refractivity (Wildman–Crippen MR) is 73.2 cm³/mol. The number of halogens is 1. The van der Waals surface area contributed by atoms with Gasteiger partial charge in [-0.1, -0.05) is 29.8 Å². The molecule has 18 heavy (non-hydrogen) atoms. The molecule has 0 bridgehead atoms. The summed E-state index contributed by atoms with van der Waals surface area (Å²) in [6.45, 7) is 4.03. The summed E-state index contributed by atoms with van der Waals surface area (Å²) in [7, 11) is 0. The van der Waals surface area contributed by atoms with Crippen LogP contribution in [-0.2, 0) is 6.42 Å². The van der Waals surface area contributed by atoms with Crippen LogP contribution in [0.2, 0.25) is 0 Å². The number of amidine groups is 1. The minimum atomic E-state index is -0.725. The van der Waals surface area contributed by atoms with Gasteiger partial charge in [-0.25, -0.2) is 4.39 Å². The van der Waals surface area contributed by atoms with Crippen molar-refractivity contribution in [2.24, 2.45) is 5.73 Å². The van der Waals surface area contributed by atoms with Crippen molar-refractivity contribution >= 4 is 5.84 Å². The number of benzene rings is 1. The van der Waals surface area contributed by atoms with Gasteiger partial charge < -0.3 is 11.1 Å². The summed E-state index contributed by atoms with van der Waals surface area (Å²) in [4.78, 5) is 0. The molecule has 0 fully saturated rings. The second-order valence-electron chi connectivity index (χ2n) is 4.50. The molecule has 0 aromatic heterocycles. The molecule has 1 atom stereocenters. The second kappa shape index (κ2) is 6.79. The van der Waals surface area contributed by atoms with E-state index in [1.165, 1.54) is 11.1 Å². The van der Waals surface area contributed by atoms with Crippen LogP contribution in [0, 0.1) is 12.3 Å². The van der Waals surface area contributed by atoms with Gasteiger partial charge in [0, 0.05) is 12.2 Å². The Morgan fingerprint density at radius 2 is 2.06 bits per heavy atom. The first-order chi connectivity index (χ1) is 8.49. The Bertz CT molecular complexity index is 423. The van der Waals surface area contributed by atoms with Crippen molar-refractivity contribution in [2.45, 2.75) is 32.7 Å². The summed E-state index contributed by atoms with van der Waals surface area (Å²) in [5, 5.41) is 9.78. The van der Waals surface area contributed by atoms with E-state index in [0.29, 0.717) is 0 Å². The van der Waals surface area contributed by atoms with Crippen LogP contribution in [0.4, 0.5) is 4.39 Å². The smallest absolute Gasteiger partial charge is 0.180 e.